The molecule has 1 aromatic rings. The van der Waals surface area contributed by atoms with Crippen LogP contribution < -0.4 is 5.32 Å². The molecule has 0 atom stereocenters. The quantitative estimate of drug-likeness (QED) is 0.839. The highest BCUT2D eigenvalue weighted by Crippen LogP contribution is 2.29. The van der Waals surface area contributed by atoms with Crippen LogP contribution in [0.2, 0.25) is 0 Å². The highest BCUT2D eigenvalue weighted by Gasteiger charge is 2.32. The molecule has 2 rings (SSSR count). The number of carbonyl (C=O) groups is 1. The van der Waals surface area contributed by atoms with Gasteiger partial charge in [-0.25, -0.2) is 0 Å². The van der Waals surface area contributed by atoms with E-state index in [4.69, 9.17) is 11.6 Å². The van der Waals surface area contributed by atoms with Gasteiger partial charge in [0.2, 0.25) is 5.91 Å². The molecule has 1 saturated carbocycles. The highest BCUT2D eigenvalue weighted by molar-refractivity contribution is 6.18. The molecule has 0 bridgehead atoms. The molecule has 1 amide bonds. The maximum atomic E-state index is 12.2. The summed E-state index contributed by atoms with van der Waals surface area (Å²) in [6, 6.07) is 8.12. The fraction of sp³-hybridized carbons (Fsp3) is 0.562. The highest BCUT2D eigenvalue weighted by atomic mass is 35.5. The number of benzene rings is 1. The minimum atomic E-state index is -0.165. The topological polar surface area (TPSA) is 29.1 Å². The summed E-state index contributed by atoms with van der Waals surface area (Å²) in [6.45, 7) is 2.05. The molecule has 1 aliphatic rings. The zero-order chi connectivity index (χ0) is 13.7. The van der Waals surface area contributed by atoms with Crippen molar-refractivity contribution in [1.82, 2.24) is 5.32 Å². The third-order valence-electron chi connectivity index (χ3n) is 3.96. The van der Waals surface area contributed by atoms with Gasteiger partial charge in [-0.3, -0.25) is 4.79 Å². The fourth-order valence-corrected chi connectivity index (χ4v) is 3.09. The fourth-order valence-electron chi connectivity index (χ4n) is 2.75. The zero-order valence-corrected chi connectivity index (χ0v) is 12.3. The second-order valence-electron chi connectivity index (χ2n) is 5.69. The van der Waals surface area contributed by atoms with E-state index in [1.807, 2.05) is 31.2 Å². The number of halogens is 1. The lowest BCUT2D eigenvalue weighted by atomic mass is 9.83. The maximum Gasteiger partial charge on any atom is 0.224 e. The van der Waals surface area contributed by atoms with E-state index in [2.05, 4.69) is 5.32 Å². The van der Waals surface area contributed by atoms with E-state index in [1.54, 1.807) is 0 Å². The molecular weight excluding hydrogens is 258 g/mol. The molecule has 2 nitrogen and oxygen atoms in total. The van der Waals surface area contributed by atoms with Gasteiger partial charge in [0.05, 0.1) is 12.0 Å². The van der Waals surface area contributed by atoms with Crippen LogP contribution in [0.15, 0.2) is 24.3 Å². The van der Waals surface area contributed by atoms with Crippen LogP contribution in [0.4, 0.5) is 0 Å². The van der Waals surface area contributed by atoms with Gasteiger partial charge in [-0.15, -0.1) is 11.6 Å². The van der Waals surface area contributed by atoms with Gasteiger partial charge in [-0.05, 0) is 25.3 Å². The summed E-state index contributed by atoms with van der Waals surface area (Å²) in [6.07, 6.45) is 6.05. The molecule has 0 aliphatic heterocycles. The Balaban J connectivity index is 1.94. The van der Waals surface area contributed by atoms with Crippen LogP contribution in [0.25, 0.3) is 0 Å². The van der Waals surface area contributed by atoms with E-state index in [1.165, 1.54) is 12.0 Å². The Kier molecular flexibility index (Phi) is 4.87. The van der Waals surface area contributed by atoms with Crippen molar-refractivity contribution in [3.05, 3.63) is 35.4 Å². The number of nitrogens with one attached hydrogen (secondary N) is 1. The molecule has 19 heavy (non-hydrogen) atoms. The molecule has 1 aromatic carbocycles. The van der Waals surface area contributed by atoms with E-state index in [-0.39, 0.29) is 11.4 Å². The monoisotopic (exact) mass is 279 g/mol. The second-order valence-corrected chi connectivity index (χ2v) is 5.95. The SMILES string of the molecule is Cc1ccc(CC(=O)NC2(CCl)CCCCC2)cc1. The predicted octanol–water partition coefficient (Wildman–Crippen LogP) is 3.60. The number of amides is 1. The molecule has 1 fully saturated rings. The number of rotatable bonds is 4. The third kappa shape index (κ3) is 3.97. The Bertz CT molecular complexity index is 421. The van der Waals surface area contributed by atoms with Crippen LogP contribution in [0.3, 0.4) is 0 Å². The van der Waals surface area contributed by atoms with Gasteiger partial charge in [0.15, 0.2) is 0 Å². The van der Waals surface area contributed by atoms with E-state index < -0.39 is 0 Å². The van der Waals surface area contributed by atoms with Crippen molar-refractivity contribution < 1.29 is 4.79 Å². The first kappa shape index (κ1) is 14.4. The first-order chi connectivity index (χ1) is 9.13. The minimum Gasteiger partial charge on any atom is -0.349 e. The number of aryl methyl sites for hydroxylation is 1. The number of carbonyl (C=O) groups excluding carboxylic acids is 1. The normalized spacial score (nSPS) is 18.0. The lowest BCUT2D eigenvalue weighted by molar-refractivity contribution is -0.122. The van der Waals surface area contributed by atoms with Crippen LogP contribution >= 0.6 is 11.6 Å². The smallest absolute Gasteiger partial charge is 0.224 e. The van der Waals surface area contributed by atoms with Crippen molar-refractivity contribution in [2.75, 3.05) is 5.88 Å². The van der Waals surface area contributed by atoms with E-state index in [0.29, 0.717) is 12.3 Å². The van der Waals surface area contributed by atoms with E-state index >= 15 is 0 Å². The standard InChI is InChI=1S/C16H22ClNO/c1-13-5-7-14(8-6-13)11-15(19)18-16(12-17)9-3-2-4-10-16/h5-8H,2-4,9-12H2,1H3,(H,18,19). The average molecular weight is 280 g/mol. The van der Waals surface area contributed by atoms with Crippen LogP contribution in [0, 0.1) is 6.92 Å². The Labute approximate surface area is 120 Å². The Morgan fingerprint density at radius 3 is 2.42 bits per heavy atom. The predicted molar refractivity (Wildman–Crippen MR) is 79.6 cm³/mol. The first-order valence-electron chi connectivity index (χ1n) is 7.06. The Morgan fingerprint density at radius 1 is 1.21 bits per heavy atom. The second kappa shape index (κ2) is 6.42. The molecule has 0 unspecified atom stereocenters. The number of hydrogen-bond donors (Lipinski definition) is 1. The van der Waals surface area contributed by atoms with Crippen LogP contribution in [-0.2, 0) is 11.2 Å². The van der Waals surface area contributed by atoms with Gasteiger partial charge >= 0.3 is 0 Å². The van der Waals surface area contributed by atoms with Gasteiger partial charge in [0.1, 0.15) is 0 Å². The first-order valence-corrected chi connectivity index (χ1v) is 7.60. The lowest BCUT2D eigenvalue weighted by Gasteiger charge is -2.36. The zero-order valence-electron chi connectivity index (χ0n) is 11.5. The minimum absolute atomic E-state index is 0.0893. The molecule has 0 aromatic heterocycles. The summed E-state index contributed by atoms with van der Waals surface area (Å²) < 4.78 is 0. The summed E-state index contributed by atoms with van der Waals surface area (Å²) in [4.78, 5) is 12.2. The van der Waals surface area contributed by atoms with Crippen molar-refractivity contribution in [1.29, 1.82) is 0 Å². The Hall–Kier alpha value is -1.02. The van der Waals surface area contributed by atoms with Gasteiger partial charge in [0.25, 0.3) is 0 Å². The average Bonchev–Trinajstić information content (AvgIpc) is 2.42. The van der Waals surface area contributed by atoms with Crippen molar-refractivity contribution in [2.45, 2.75) is 51.0 Å². The van der Waals surface area contributed by atoms with Crippen LogP contribution in [0.5, 0.6) is 0 Å². The van der Waals surface area contributed by atoms with E-state index in [0.717, 1.165) is 31.2 Å². The maximum absolute atomic E-state index is 12.2. The number of hydrogen-bond acceptors (Lipinski definition) is 1. The van der Waals surface area contributed by atoms with E-state index in [9.17, 15) is 4.79 Å². The summed E-state index contributed by atoms with van der Waals surface area (Å²) >= 11 is 6.09. The molecule has 0 heterocycles. The van der Waals surface area contributed by atoms with Gasteiger partial charge in [0, 0.05) is 5.88 Å². The molecule has 1 aliphatic carbocycles. The molecule has 3 heteroatoms. The summed E-state index contributed by atoms with van der Waals surface area (Å²) in [5.41, 5.74) is 2.11. The van der Waals surface area contributed by atoms with Gasteiger partial charge < -0.3 is 5.32 Å². The summed E-state index contributed by atoms with van der Waals surface area (Å²) in [7, 11) is 0. The van der Waals surface area contributed by atoms with Gasteiger partial charge in [-0.2, -0.15) is 0 Å². The Morgan fingerprint density at radius 2 is 1.84 bits per heavy atom. The van der Waals surface area contributed by atoms with Crippen LogP contribution in [0.1, 0.15) is 43.2 Å². The molecule has 0 saturated heterocycles. The van der Waals surface area contributed by atoms with Crippen molar-refractivity contribution >= 4 is 17.5 Å². The molecule has 0 radical (unpaired) electrons. The summed E-state index contributed by atoms with van der Waals surface area (Å²) in [5, 5.41) is 3.17. The van der Waals surface area contributed by atoms with Crippen molar-refractivity contribution in [3.8, 4) is 0 Å². The molecule has 1 N–H and O–H groups in total. The summed E-state index contributed by atoms with van der Waals surface area (Å²) in [5.74, 6) is 0.610. The third-order valence-corrected chi connectivity index (χ3v) is 4.47. The lowest BCUT2D eigenvalue weighted by Crippen LogP contribution is -2.51. The molecule has 104 valence electrons. The molecule has 0 spiro atoms. The number of alkyl halides is 1. The largest absolute Gasteiger partial charge is 0.349 e. The van der Waals surface area contributed by atoms with Crippen LogP contribution in [-0.4, -0.2) is 17.3 Å². The molecular formula is C16H22ClNO. The van der Waals surface area contributed by atoms with Gasteiger partial charge in [-0.1, -0.05) is 49.1 Å². The van der Waals surface area contributed by atoms with Crippen molar-refractivity contribution in [3.63, 3.8) is 0 Å². The van der Waals surface area contributed by atoms with Crippen molar-refractivity contribution in [2.24, 2.45) is 0 Å².